The third-order valence-electron chi connectivity index (χ3n) is 3.47. The molecule has 0 atom stereocenters. The first-order valence-electron chi connectivity index (χ1n) is 6.49. The molecule has 0 unspecified atom stereocenters. The number of hydrogen-bond acceptors (Lipinski definition) is 2. The number of benzene rings is 2. The number of rotatable bonds is 1. The monoisotopic (exact) mass is 424 g/mol. The first-order valence-corrected chi connectivity index (χ1v) is 8.93. The van der Waals surface area contributed by atoms with Crippen LogP contribution in [0.1, 0.15) is 5.82 Å². The van der Waals surface area contributed by atoms with Crippen LogP contribution >= 0.6 is 46.0 Å². The van der Waals surface area contributed by atoms with Crippen LogP contribution in [0.3, 0.4) is 0 Å². The molecule has 0 aliphatic carbocycles. The molecule has 0 fully saturated rings. The summed E-state index contributed by atoms with van der Waals surface area (Å²) >= 11 is 10.2. The van der Waals surface area contributed by atoms with Crippen LogP contribution in [-0.4, -0.2) is 9.55 Å². The Labute approximate surface area is 145 Å². The predicted molar refractivity (Wildman–Crippen MR) is 96.3 cm³/mol. The summed E-state index contributed by atoms with van der Waals surface area (Å²) in [6.45, 7) is 0. The Morgan fingerprint density at radius 1 is 1.10 bits per heavy atom. The average molecular weight is 425 g/mol. The topological polar surface area (TPSA) is 17.8 Å². The molecular formula is C16H10ClIN2S. The Kier molecular flexibility index (Phi) is 3.47. The van der Waals surface area contributed by atoms with Crippen molar-refractivity contribution in [3.05, 3.63) is 63.1 Å². The molecule has 1 aromatic heterocycles. The molecule has 1 aliphatic rings. The van der Waals surface area contributed by atoms with E-state index in [0.29, 0.717) is 0 Å². The van der Waals surface area contributed by atoms with Crippen LogP contribution in [0.4, 0.5) is 0 Å². The van der Waals surface area contributed by atoms with Gasteiger partial charge in [-0.2, -0.15) is 0 Å². The smallest absolute Gasteiger partial charge is 0.125 e. The third-order valence-corrected chi connectivity index (χ3v) is 5.78. The zero-order chi connectivity index (χ0) is 14.4. The van der Waals surface area contributed by atoms with Crippen LogP contribution in [0.25, 0.3) is 16.9 Å². The first kappa shape index (κ1) is 13.7. The van der Waals surface area contributed by atoms with E-state index in [1.165, 1.54) is 10.6 Å². The minimum Gasteiger partial charge on any atom is -0.289 e. The van der Waals surface area contributed by atoms with Crippen LogP contribution in [0.15, 0.2) is 53.4 Å². The van der Waals surface area contributed by atoms with E-state index in [-0.39, 0.29) is 0 Å². The second kappa shape index (κ2) is 5.34. The molecule has 2 aromatic carbocycles. The van der Waals surface area contributed by atoms with Crippen molar-refractivity contribution < 1.29 is 0 Å². The van der Waals surface area contributed by atoms with Gasteiger partial charge in [0, 0.05) is 15.5 Å². The SMILES string of the molecule is Clc1ccc(-c2nc3n(c2I)-c2ccccc2SC3)cc1. The van der Waals surface area contributed by atoms with E-state index >= 15 is 0 Å². The molecule has 2 heterocycles. The molecular weight excluding hydrogens is 415 g/mol. The minimum absolute atomic E-state index is 0.749. The number of aromatic nitrogens is 2. The van der Waals surface area contributed by atoms with Crippen molar-refractivity contribution in [2.75, 3.05) is 0 Å². The fraction of sp³-hybridized carbons (Fsp3) is 0.0625. The van der Waals surface area contributed by atoms with Gasteiger partial charge in [-0.05, 0) is 46.9 Å². The Morgan fingerprint density at radius 2 is 1.86 bits per heavy atom. The van der Waals surface area contributed by atoms with Crippen molar-refractivity contribution in [2.45, 2.75) is 10.6 Å². The fourth-order valence-electron chi connectivity index (χ4n) is 2.48. The lowest BCUT2D eigenvalue weighted by atomic mass is 10.2. The average Bonchev–Trinajstić information content (AvgIpc) is 2.86. The van der Waals surface area contributed by atoms with Crippen LogP contribution in [-0.2, 0) is 5.75 Å². The Bertz CT molecular complexity index is 827. The van der Waals surface area contributed by atoms with E-state index in [1.807, 2.05) is 36.0 Å². The summed E-state index contributed by atoms with van der Waals surface area (Å²) < 4.78 is 3.41. The van der Waals surface area contributed by atoms with Gasteiger partial charge in [0.1, 0.15) is 15.2 Å². The number of halogens is 2. The van der Waals surface area contributed by atoms with Gasteiger partial charge in [-0.15, -0.1) is 11.8 Å². The molecule has 0 saturated carbocycles. The highest BCUT2D eigenvalue weighted by Crippen LogP contribution is 2.39. The largest absolute Gasteiger partial charge is 0.289 e. The van der Waals surface area contributed by atoms with E-state index in [2.05, 4.69) is 51.4 Å². The quantitative estimate of drug-likeness (QED) is 0.487. The summed E-state index contributed by atoms with van der Waals surface area (Å²) in [7, 11) is 0. The molecule has 3 aromatic rings. The van der Waals surface area contributed by atoms with Gasteiger partial charge in [0.15, 0.2) is 0 Å². The highest BCUT2D eigenvalue weighted by Gasteiger charge is 2.23. The van der Waals surface area contributed by atoms with Crippen molar-refractivity contribution >= 4 is 46.0 Å². The zero-order valence-electron chi connectivity index (χ0n) is 10.9. The van der Waals surface area contributed by atoms with Gasteiger partial charge < -0.3 is 0 Å². The summed E-state index contributed by atoms with van der Waals surface area (Å²) in [6, 6.07) is 16.4. The maximum Gasteiger partial charge on any atom is 0.125 e. The maximum absolute atomic E-state index is 5.98. The van der Waals surface area contributed by atoms with Crippen molar-refractivity contribution in [2.24, 2.45) is 0 Å². The van der Waals surface area contributed by atoms with Crippen molar-refractivity contribution in [3.63, 3.8) is 0 Å². The molecule has 0 saturated heterocycles. The molecule has 2 nitrogen and oxygen atoms in total. The number of para-hydroxylation sites is 1. The van der Waals surface area contributed by atoms with Gasteiger partial charge in [-0.3, -0.25) is 4.57 Å². The summed E-state index contributed by atoms with van der Waals surface area (Å²) in [6.07, 6.45) is 0. The van der Waals surface area contributed by atoms with Crippen molar-refractivity contribution in [1.82, 2.24) is 9.55 Å². The van der Waals surface area contributed by atoms with Crippen LogP contribution in [0.2, 0.25) is 5.02 Å². The van der Waals surface area contributed by atoms with Crippen molar-refractivity contribution in [3.8, 4) is 16.9 Å². The number of imidazole rings is 1. The molecule has 1 aliphatic heterocycles. The number of thioether (sulfide) groups is 1. The number of fused-ring (bicyclic) bond motifs is 3. The summed E-state index contributed by atoms with van der Waals surface area (Å²) in [5.41, 5.74) is 3.36. The molecule has 104 valence electrons. The predicted octanol–water partition coefficient (Wildman–Crippen LogP) is 5.40. The molecule has 0 bridgehead atoms. The highest BCUT2D eigenvalue weighted by molar-refractivity contribution is 14.1. The standard InChI is InChI=1S/C16H10ClIN2S/c17-11-7-5-10(6-8-11)15-16(18)20-12-3-1-2-4-13(12)21-9-14(20)19-15/h1-8H,9H2. The van der Waals surface area contributed by atoms with Gasteiger partial charge in [0.05, 0.1) is 11.4 Å². The van der Waals surface area contributed by atoms with E-state index in [1.54, 1.807) is 0 Å². The van der Waals surface area contributed by atoms with E-state index < -0.39 is 0 Å². The number of hydrogen-bond donors (Lipinski definition) is 0. The van der Waals surface area contributed by atoms with Crippen LogP contribution in [0, 0.1) is 3.70 Å². The maximum atomic E-state index is 5.98. The van der Waals surface area contributed by atoms with Gasteiger partial charge in [0.2, 0.25) is 0 Å². The van der Waals surface area contributed by atoms with Gasteiger partial charge in [0.25, 0.3) is 0 Å². The Morgan fingerprint density at radius 3 is 2.67 bits per heavy atom. The molecule has 0 radical (unpaired) electrons. The van der Waals surface area contributed by atoms with Gasteiger partial charge in [-0.1, -0.05) is 35.9 Å². The Hall–Kier alpha value is -0.980. The van der Waals surface area contributed by atoms with E-state index in [0.717, 1.165) is 31.6 Å². The second-order valence-electron chi connectivity index (χ2n) is 4.77. The Balaban J connectivity index is 1.91. The second-order valence-corrected chi connectivity index (χ2v) is 7.24. The van der Waals surface area contributed by atoms with E-state index in [9.17, 15) is 0 Å². The highest BCUT2D eigenvalue weighted by atomic mass is 127. The van der Waals surface area contributed by atoms with Crippen molar-refractivity contribution in [1.29, 1.82) is 0 Å². The third kappa shape index (κ3) is 2.29. The summed E-state index contributed by atoms with van der Waals surface area (Å²) in [5.74, 6) is 2.01. The number of nitrogens with zero attached hydrogens (tertiary/aromatic N) is 2. The molecule has 0 N–H and O–H groups in total. The van der Waals surface area contributed by atoms with Crippen LogP contribution < -0.4 is 0 Å². The fourth-order valence-corrected chi connectivity index (χ4v) is 4.54. The lowest BCUT2D eigenvalue weighted by molar-refractivity contribution is 0.905. The molecule has 4 rings (SSSR count). The summed E-state index contributed by atoms with van der Waals surface area (Å²) in [5, 5.41) is 0.749. The van der Waals surface area contributed by atoms with E-state index in [4.69, 9.17) is 16.6 Å². The van der Waals surface area contributed by atoms with Gasteiger partial charge >= 0.3 is 0 Å². The molecule has 21 heavy (non-hydrogen) atoms. The van der Waals surface area contributed by atoms with Gasteiger partial charge in [-0.25, -0.2) is 4.98 Å². The molecule has 5 heteroatoms. The first-order chi connectivity index (χ1) is 10.2. The lowest BCUT2D eigenvalue weighted by Gasteiger charge is -2.18. The molecule has 0 spiro atoms. The normalized spacial score (nSPS) is 12.9. The van der Waals surface area contributed by atoms with Crippen LogP contribution in [0.5, 0.6) is 0 Å². The summed E-state index contributed by atoms with van der Waals surface area (Å²) in [4.78, 5) is 6.15. The molecule has 0 amide bonds. The zero-order valence-corrected chi connectivity index (χ0v) is 14.6. The lowest BCUT2D eigenvalue weighted by Crippen LogP contribution is -2.07. The minimum atomic E-state index is 0.749.